The number of imidazole rings is 1. The zero-order valence-electron chi connectivity index (χ0n) is 15.8. The molecule has 27 heavy (non-hydrogen) atoms. The quantitative estimate of drug-likeness (QED) is 0.687. The Morgan fingerprint density at radius 2 is 2.19 bits per heavy atom. The van der Waals surface area contributed by atoms with Crippen LogP contribution >= 0.6 is 0 Å². The largest absolute Gasteiger partial charge is 0.376 e. The summed E-state index contributed by atoms with van der Waals surface area (Å²) in [5.74, 6) is -0.106. The molecule has 1 aromatic carbocycles. The summed E-state index contributed by atoms with van der Waals surface area (Å²) in [6, 6.07) is 5.35. The third kappa shape index (κ3) is 5.19. The van der Waals surface area contributed by atoms with E-state index in [-0.39, 0.29) is 24.1 Å². The number of urea groups is 1. The van der Waals surface area contributed by atoms with Crippen molar-refractivity contribution in [1.29, 1.82) is 0 Å². The molecule has 0 radical (unpaired) electrons. The Labute approximate surface area is 158 Å². The maximum Gasteiger partial charge on any atom is 0.314 e. The first-order valence-electron chi connectivity index (χ1n) is 9.42. The number of nitrogens with zero attached hydrogens (tertiary/aromatic N) is 2. The molecule has 146 valence electrons. The zero-order chi connectivity index (χ0) is 19.2. The molecule has 0 spiro atoms. The Morgan fingerprint density at radius 1 is 1.33 bits per heavy atom. The Hall–Kier alpha value is -2.61. The Morgan fingerprint density at radius 3 is 2.93 bits per heavy atom. The minimum atomic E-state index is -0.192. The molecule has 1 unspecified atom stereocenters. The molecule has 1 aromatic heterocycles. The summed E-state index contributed by atoms with van der Waals surface area (Å²) in [5.41, 5.74) is 2.28. The van der Waals surface area contributed by atoms with Gasteiger partial charge in [-0.15, -0.1) is 0 Å². The van der Waals surface area contributed by atoms with Gasteiger partial charge < -0.3 is 25.3 Å². The van der Waals surface area contributed by atoms with Crippen LogP contribution in [0.25, 0.3) is 11.0 Å². The van der Waals surface area contributed by atoms with Crippen LogP contribution < -0.4 is 16.0 Å². The third-order valence-corrected chi connectivity index (χ3v) is 4.46. The van der Waals surface area contributed by atoms with Gasteiger partial charge >= 0.3 is 6.03 Å². The van der Waals surface area contributed by atoms with Crippen molar-refractivity contribution in [3.63, 3.8) is 0 Å². The lowest BCUT2D eigenvalue weighted by Crippen LogP contribution is -2.40. The number of hydrogen-bond acceptors (Lipinski definition) is 4. The molecule has 1 saturated heterocycles. The van der Waals surface area contributed by atoms with E-state index in [0.717, 1.165) is 30.5 Å². The van der Waals surface area contributed by atoms with E-state index in [9.17, 15) is 9.59 Å². The highest BCUT2D eigenvalue weighted by atomic mass is 16.5. The van der Waals surface area contributed by atoms with E-state index in [1.807, 2.05) is 24.5 Å². The van der Waals surface area contributed by atoms with Crippen LogP contribution in [-0.2, 0) is 11.3 Å². The normalized spacial score (nSPS) is 16.6. The predicted molar refractivity (Wildman–Crippen MR) is 103 cm³/mol. The maximum atomic E-state index is 12.1. The van der Waals surface area contributed by atoms with Crippen LogP contribution in [-0.4, -0.2) is 53.3 Å². The molecule has 3 rings (SSSR count). The first-order valence-corrected chi connectivity index (χ1v) is 9.42. The highest BCUT2D eigenvalue weighted by Gasteiger charge is 2.16. The minimum absolute atomic E-state index is 0.0863. The number of nitrogens with one attached hydrogen (secondary N) is 3. The van der Waals surface area contributed by atoms with Crippen molar-refractivity contribution in [1.82, 2.24) is 25.5 Å². The SMILES string of the molecule is CC(C)NC(=O)c1ccc2c(c1)ncn2CCNC(=O)NCC1CCCO1. The first kappa shape index (κ1) is 19.2. The van der Waals surface area contributed by atoms with Gasteiger partial charge in [-0.25, -0.2) is 9.78 Å². The fraction of sp³-hybridized carbons (Fsp3) is 0.526. The molecule has 1 aliphatic heterocycles. The fourth-order valence-electron chi connectivity index (χ4n) is 3.09. The number of carbonyl (C=O) groups excluding carboxylic acids is 2. The number of rotatable bonds is 7. The summed E-state index contributed by atoms with van der Waals surface area (Å²) in [5, 5.41) is 8.55. The summed E-state index contributed by atoms with van der Waals surface area (Å²) in [7, 11) is 0. The monoisotopic (exact) mass is 373 g/mol. The minimum Gasteiger partial charge on any atom is -0.376 e. The summed E-state index contributed by atoms with van der Waals surface area (Å²) in [4.78, 5) is 28.3. The molecule has 3 N–H and O–H groups in total. The molecule has 8 nitrogen and oxygen atoms in total. The summed E-state index contributed by atoms with van der Waals surface area (Å²) < 4.78 is 7.44. The Bertz CT molecular complexity index is 796. The second-order valence-corrected chi connectivity index (χ2v) is 7.04. The van der Waals surface area contributed by atoms with Crippen LogP contribution in [0.4, 0.5) is 4.79 Å². The van der Waals surface area contributed by atoms with E-state index in [4.69, 9.17) is 4.74 Å². The molecule has 0 bridgehead atoms. The van der Waals surface area contributed by atoms with E-state index >= 15 is 0 Å². The maximum absolute atomic E-state index is 12.1. The van der Waals surface area contributed by atoms with E-state index < -0.39 is 0 Å². The lowest BCUT2D eigenvalue weighted by atomic mass is 10.2. The van der Waals surface area contributed by atoms with Crippen LogP contribution in [0.2, 0.25) is 0 Å². The molecule has 3 amide bonds. The molecular weight excluding hydrogens is 346 g/mol. The topological polar surface area (TPSA) is 97.3 Å². The van der Waals surface area contributed by atoms with Gasteiger partial charge in [0.25, 0.3) is 5.91 Å². The summed E-state index contributed by atoms with van der Waals surface area (Å²) in [6.07, 6.45) is 3.91. The number of benzene rings is 1. The molecule has 1 fully saturated rings. The van der Waals surface area contributed by atoms with Gasteiger partial charge in [-0.2, -0.15) is 0 Å². The molecule has 1 atom stereocenters. The predicted octanol–water partition coefficient (Wildman–Crippen LogP) is 1.65. The van der Waals surface area contributed by atoms with Gasteiger partial charge in [-0.05, 0) is 44.9 Å². The number of carbonyl (C=O) groups is 2. The van der Waals surface area contributed by atoms with Gasteiger partial charge in [0, 0.05) is 37.8 Å². The van der Waals surface area contributed by atoms with Crippen molar-refractivity contribution in [2.24, 2.45) is 0 Å². The second-order valence-electron chi connectivity index (χ2n) is 7.04. The van der Waals surface area contributed by atoms with E-state index in [1.54, 1.807) is 18.5 Å². The molecular formula is C19H27N5O3. The lowest BCUT2D eigenvalue weighted by Gasteiger charge is -2.12. The standard InChI is InChI=1S/C19H27N5O3/c1-13(2)23-18(25)14-5-6-17-16(10-14)22-12-24(17)8-7-20-19(26)21-11-15-4-3-9-27-15/h5-6,10,12-13,15H,3-4,7-9,11H2,1-2H3,(H,23,25)(H2,20,21,26). The van der Waals surface area contributed by atoms with Crippen molar-refractivity contribution < 1.29 is 14.3 Å². The Kier molecular flexibility index (Phi) is 6.28. The summed E-state index contributed by atoms with van der Waals surface area (Å²) >= 11 is 0. The third-order valence-electron chi connectivity index (χ3n) is 4.46. The van der Waals surface area contributed by atoms with Gasteiger partial charge in [0.05, 0.1) is 23.5 Å². The molecule has 1 aliphatic rings. The highest BCUT2D eigenvalue weighted by molar-refractivity contribution is 5.97. The average Bonchev–Trinajstić information content (AvgIpc) is 3.29. The van der Waals surface area contributed by atoms with E-state index in [0.29, 0.717) is 25.2 Å². The van der Waals surface area contributed by atoms with Crippen molar-refractivity contribution in [2.75, 3.05) is 19.7 Å². The van der Waals surface area contributed by atoms with Crippen molar-refractivity contribution in [3.8, 4) is 0 Å². The van der Waals surface area contributed by atoms with Crippen molar-refractivity contribution >= 4 is 23.0 Å². The van der Waals surface area contributed by atoms with Crippen LogP contribution in [0.1, 0.15) is 37.0 Å². The van der Waals surface area contributed by atoms with Crippen LogP contribution in [0.3, 0.4) is 0 Å². The van der Waals surface area contributed by atoms with E-state index in [1.165, 1.54) is 0 Å². The molecule has 0 saturated carbocycles. The fourth-order valence-corrected chi connectivity index (χ4v) is 3.09. The van der Waals surface area contributed by atoms with Crippen LogP contribution in [0.15, 0.2) is 24.5 Å². The Balaban J connectivity index is 1.50. The first-order chi connectivity index (χ1) is 13.0. The number of hydrogen-bond donors (Lipinski definition) is 3. The number of ether oxygens (including phenoxy) is 1. The van der Waals surface area contributed by atoms with Gasteiger partial charge in [0.2, 0.25) is 0 Å². The second kappa shape index (κ2) is 8.85. The lowest BCUT2D eigenvalue weighted by molar-refractivity contribution is 0.0943. The van der Waals surface area contributed by atoms with Crippen LogP contribution in [0, 0.1) is 0 Å². The van der Waals surface area contributed by atoms with Gasteiger partial charge in [-0.3, -0.25) is 4.79 Å². The van der Waals surface area contributed by atoms with E-state index in [2.05, 4.69) is 20.9 Å². The van der Waals surface area contributed by atoms with Crippen LogP contribution in [0.5, 0.6) is 0 Å². The molecule has 2 heterocycles. The van der Waals surface area contributed by atoms with Gasteiger partial charge in [0.15, 0.2) is 0 Å². The van der Waals surface area contributed by atoms with Gasteiger partial charge in [0.1, 0.15) is 0 Å². The van der Waals surface area contributed by atoms with Crippen molar-refractivity contribution in [2.45, 2.75) is 45.4 Å². The molecule has 2 aromatic rings. The average molecular weight is 373 g/mol. The number of amides is 3. The highest BCUT2D eigenvalue weighted by Crippen LogP contribution is 2.15. The van der Waals surface area contributed by atoms with Gasteiger partial charge in [-0.1, -0.05) is 0 Å². The van der Waals surface area contributed by atoms with Crippen molar-refractivity contribution in [3.05, 3.63) is 30.1 Å². The summed E-state index contributed by atoms with van der Waals surface area (Å²) in [6.45, 7) is 6.26. The number of fused-ring (bicyclic) bond motifs is 1. The zero-order valence-corrected chi connectivity index (χ0v) is 15.8. The molecule has 0 aliphatic carbocycles. The number of aromatic nitrogens is 2. The molecule has 8 heteroatoms. The smallest absolute Gasteiger partial charge is 0.314 e.